The Morgan fingerprint density at radius 3 is 2.26 bits per heavy atom. The van der Waals surface area contributed by atoms with Crippen LogP contribution in [0.5, 0.6) is 0 Å². The Morgan fingerprint density at radius 1 is 1.21 bits per heavy atom. The third-order valence-electron chi connectivity index (χ3n) is 3.82. The Balaban J connectivity index is 1.95. The Kier molecular flexibility index (Phi) is 4.87. The lowest BCUT2D eigenvalue weighted by molar-refractivity contribution is 0.0846. The third-order valence-corrected chi connectivity index (χ3v) is 7.07. The fourth-order valence-electron chi connectivity index (χ4n) is 3.71. The minimum absolute atomic E-state index is 0.454. The van der Waals surface area contributed by atoms with Gasteiger partial charge in [-0.2, -0.15) is 0 Å². The first-order chi connectivity index (χ1) is 8.67. The summed E-state index contributed by atoms with van der Waals surface area (Å²) >= 11 is 8.93. The first-order valence-corrected chi connectivity index (χ1v) is 9.24. The van der Waals surface area contributed by atoms with Crippen LogP contribution in [0.25, 0.3) is 0 Å². The molecule has 0 spiro atoms. The molecule has 0 atom stereocenters. The highest BCUT2D eigenvalue weighted by atomic mass is 79.9. The second kappa shape index (κ2) is 5.78. The van der Waals surface area contributed by atoms with Crippen molar-refractivity contribution < 1.29 is 0 Å². The van der Waals surface area contributed by atoms with E-state index in [1.54, 1.807) is 0 Å². The van der Waals surface area contributed by atoms with E-state index >= 15 is 0 Å². The molecule has 1 aliphatic rings. The zero-order valence-corrected chi connectivity index (χ0v) is 16.1. The van der Waals surface area contributed by atoms with Gasteiger partial charge in [0.25, 0.3) is 0 Å². The van der Waals surface area contributed by atoms with E-state index in [-0.39, 0.29) is 0 Å². The van der Waals surface area contributed by atoms with Crippen LogP contribution in [0.1, 0.15) is 51.8 Å². The minimum atomic E-state index is 0.454. The zero-order valence-electron chi connectivity index (χ0n) is 12.1. The van der Waals surface area contributed by atoms with Crippen LogP contribution < -0.4 is 5.32 Å². The summed E-state index contributed by atoms with van der Waals surface area (Å²) in [6, 6.07) is 2.85. The second-order valence-corrected chi connectivity index (χ2v) is 10.6. The first kappa shape index (κ1) is 16.0. The molecule has 1 heterocycles. The predicted octanol–water partition coefficient (Wildman–Crippen LogP) is 5.97. The molecule has 1 N–H and O–H groups in total. The van der Waals surface area contributed by atoms with Crippen LogP contribution in [0.4, 0.5) is 0 Å². The van der Waals surface area contributed by atoms with Crippen molar-refractivity contribution in [1.29, 1.82) is 0 Å². The molecule has 0 bridgehead atoms. The van der Waals surface area contributed by atoms with Gasteiger partial charge in [-0.05, 0) is 68.0 Å². The summed E-state index contributed by atoms with van der Waals surface area (Å²) in [7, 11) is 0. The fourth-order valence-corrected chi connectivity index (χ4v) is 5.84. The van der Waals surface area contributed by atoms with E-state index in [2.05, 4.69) is 70.9 Å². The SMILES string of the molecule is CC1(C)CC(NCc2cc(Br)c(Br)s2)CC(C)(C)C1. The molecule has 0 saturated heterocycles. The van der Waals surface area contributed by atoms with Gasteiger partial charge in [0.15, 0.2) is 0 Å². The van der Waals surface area contributed by atoms with Gasteiger partial charge in [0, 0.05) is 21.9 Å². The summed E-state index contributed by atoms with van der Waals surface area (Å²) in [6.07, 6.45) is 3.89. The molecule has 1 aromatic heterocycles. The molecule has 0 aromatic carbocycles. The van der Waals surface area contributed by atoms with E-state index < -0.39 is 0 Å². The highest BCUT2D eigenvalue weighted by Gasteiger charge is 2.38. The fraction of sp³-hybridized carbons (Fsp3) is 0.733. The summed E-state index contributed by atoms with van der Waals surface area (Å²) in [4.78, 5) is 1.39. The van der Waals surface area contributed by atoms with Gasteiger partial charge < -0.3 is 5.32 Å². The van der Waals surface area contributed by atoms with Crippen LogP contribution in [0.2, 0.25) is 0 Å². The van der Waals surface area contributed by atoms with E-state index in [1.165, 1.54) is 32.4 Å². The smallest absolute Gasteiger partial charge is 0.0843 e. The van der Waals surface area contributed by atoms with Crippen molar-refractivity contribution in [3.8, 4) is 0 Å². The Bertz CT molecular complexity index is 415. The number of rotatable bonds is 3. The van der Waals surface area contributed by atoms with E-state index in [1.807, 2.05) is 11.3 Å². The van der Waals surface area contributed by atoms with Crippen molar-refractivity contribution in [2.75, 3.05) is 0 Å². The van der Waals surface area contributed by atoms with Gasteiger partial charge in [-0.1, -0.05) is 27.7 Å². The number of hydrogen-bond donors (Lipinski definition) is 1. The zero-order chi connectivity index (χ0) is 14.3. The third kappa shape index (κ3) is 4.55. The van der Waals surface area contributed by atoms with Gasteiger partial charge in [0.05, 0.1) is 3.79 Å². The highest BCUT2D eigenvalue weighted by Crippen LogP contribution is 2.45. The standard InChI is InChI=1S/C15H23Br2NS/c1-14(2)6-10(7-15(3,4)9-14)18-8-11-5-12(16)13(17)19-11/h5,10,18H,6-9H2,1-4H3. The van der Waals surface area contributed by atoms with E-state index in [4.69, 9.17) is 0 Å². The number of halogens is 2. The van der Waals surface area contributed by atoms with Crippen LogP contribution in [0, 0.1) is 10.8 Å². The summed E-state index contributed by atoms with van der Waals surface area (Å²) in [5.41, 5.74) is 0.909. The number of thiophene rings is 1. The van der Waals surface area contributed by atoms with E-state index in [0.717, 1.165) is 6.54 Å². The molecule has 1 saturated carbocycles. The van der Waals surface area contributed by atoms with Crippen molar-refractivity contribution in [2.24, 2.45) is 10.8 Å². The lowest BCUT2D eigenvalue weighted by Crippen LogP contribution is -2.43. The average Bonchev–Trinajstić information content (AvgIpc) is 2.51. The van der Waals surface area contributed by atoms with Crippen LogP contribution in [0.15, 0.2) is 14.3 Å². The maximum Gasteiger partial charge on any atom is 0.0843 e. The van der Waals surface area contributed by atoms with Crippen molar-refractivity contribution in [3.05, 3.63) is 19.2 Å². The molecule has 0 radical (unpaired) electrons. The molecule has 19 heavy (non-hydrogen) atoms. The summed E-state index contributed by atoms with van der Waals surface area (Å²) in [5, 5.41) is 3.76. The van der Waals surface area contributed by atoms with Gasteiger partial charge in [-0.15, -0.1) is 11.3 Å². The van der Waals surface area contributed by atoms with Crippen LogP contribution in [-0.4, -0.2) is 6.04 Å². The van der Waals surface area contributed by atoms with Gasteiger partial charge in [0.2, 0.25) is 0 Å². The summed E-state index contributed by atoms with van der Waals surface area (Å²) in [6.45, 7) is 10.6. The highest BCUT2D eigenvalue weighted by molar-refractivity contribution is 9.13. The molecule has 0 amide bonds. The average molecular weight is 409 g/mol. The quantitative estimate of drug-likeness (QED) is 0.649. The van der Waals surface area contributed by atoms with Gasteiger partial charge in [0.1, 0.15) is 0 Å². The molecule has 4 heteroatoms. The van der Waals surface area contributed by atoms with Crippen molar-refractivity contribution in [2.45, 2.75) is 59.5 Å². The maximum absolute atomic E-state index is 3.76. The Morgan fingerprint density at radius 2 is 1.79 bits per heavy atom. The molecule has 108 valence electrons. The summed E-state index contributed by atoms with van der Waals surface area (Å²) in [5.74, 6) is 0. The minimum Gasteiger partial charge on any atom is -0.309 e. The Hall–Kier alpha value is 0.620. The molecule has 1 aromatic rings. The summed E-state index contributed by atoms with van der Waals surface area (Å²) < 4.78 is 2.35. The topological polar surface area (TPSA) is 12.0 Å². The normalized spacial score (nSPS) is 22.6. The second-order valence-electron chi connectivity index (χ2n) is 7.33. The first-order valence-electron chi connectivity index (χ1n) is 6.84. The molecular formula is C15H23Br2NS. The van der Waals surface area contributed by atoms with Gasteiger partial charge in [-0.25, -0.2) is 0 Å². The number of hydrogen-bond acceptors (Lipinski definition) is 2. The monoisotopic (exact) mass is 407 g/mol. The van der Waals surface area contributed by atoms with E-state index in [0.29, 0.717) is 16.9 Å². The van der Waals surface area contributed by atoms with Gasteiger partial charge in [-0.3, -0.25) is 0 Å². The van der Waals surface area contributed by atoms with E-state index in [9.17, 15) is 0 Å². The van der Waals surface area contributed by atoms with Crippen LogP contribution in [0.3, 0.4) is 0 Å². The lowest BCUT2D eigenvalue weighted by atomic mass is 9.63. The molecule has 0 aliphatic heterocycles. The molecular weight excluding hydrogens is 386 g/mol. The molecule has 1 fully saturated rings. The van der Waals surface area contributed by atoms with Crippen molar-refractivity contribution in [1.82, 2.24) is 5.32 Å². The maximum atomic E-state index is 3.76. The van der Waals surface area contributed by atoms with Crippen LogP contribution >= 0.6 is 43.2 Å². The number of nitrogens with one attached hydrogen (secondary N) is 1. The Labute approximate surface area is 137 Å². The lowest BCUT2D eigenvalue weighted by Gasteiger charge is -2.45. The van der Waals surface area contributed by atoms with Gasteiger partial charge >= 0.3 is 0 Å². The van der Waals surface area contributed by atoms with Crippen molar-refractivity contribution >= 4 is 43.2 Å². The molecule has 1 aliphatic carbocycles. The van der Waals surface area contributed by atoms with Crippen molar-refractivity contribution in [3.63, 3.8) is 0 Å². The van der Waals surface area contributed by atoms with Crippen LogP contribution in [-0.2, 0) is 6.54 Å². The molecule has 1 nitrogen and oxygen atoms in total. The molecule has 2 rings (SSSR count). The molecule has 0 unspecified atom stereocenters. The predicted molar refractivity (Wildman–Crippen MR) is 91.8 cm³/mol. The largest absolute Gasteiger partial charge is 0.309 e.